The standard InChI is InChI=1S/C11H12O6/c1-2-6-5-7(9(12)13)3-4-8(6)10(14)17-11(15)16/h3-5,11,15-16H,2H2,1H3,(H,12,13). The number of ether oxygens (including phenoxy) is 1. The highest BCUT2D eigenvalue weighted by Crippen LogP contribution is 2.15. The Morgan fingerprint density at radius 2 is 2.00 bits per heavy atom. The third kappa shape index (κ3) is 3.27. The molecule has 0 saturated carbocycles. The number of carbonyl (C=O) groups is 2. The van der Waals surface area contributed by atoms with Gasteiger partial charge in [-0.25, -0.2) is 9.59 Å². The number of aliphatic hydroxyl groups excluding tert-OH is 1. The number of carbonyl (C=O) groups excluding carboxylic acids is 1. The van der Waals surface area contributed by atoms with Crippen molar-refractivity contribution in [2.75, 3.05) is 0 Å². The van der Waals surface area contributed by atoms with E-state index in [0.717, 1.165) is 0 Å². The second-order valence-corrected chi connectivity index (χ2v) is 3.26. The maximum Gasteiger partial charge on any atom is 0.342 e. The molecule has 0 fully saturated rings. The molecule has 0 aliphatic rings. The number of esters is 1. The van der Waals surface area contributed by atoms with Crippen LogP contribution in [0.15, 0.2) is 18.2 Å². The lowest BCUT2D eigenvalue weighted by Gasteiger charge is -2.09. The van der Waals surface area contributed by atoms with E-state index in [0.29, 0.717) is 12.0 Å². The zero-order valence-electron chi connectivity index (χ0n) is 9.08. The summed E-state index contributed by atoms with van der Waals surface area (Å²) in [6.07, 6.45) is 0.424. The van der Waals surface area contributed by atoms with Gasteiger partial charge in [-0.05, 0) is 30.2 Å². The predicted molar refractivity (Wildman–Crippen MR) is 56.4 cm³/mol. The summed E-state index contributed by atoms with van der Waals surface area (Å²) in [6, 6.07) is 3.89. The number of aryl methyl sites for hydroxylation is 1. The Hall–Kier alpha value is -1.92. The molecule has 1 aromatic carbocycles. The predicted octanol–water partition coefficient (Wildman–Crippen LogP) is 0.372. The maximum absolute atomic E-state index is 11.4. The van der Waals surface area contributed by atoms with Crippen molar-refractivity contribution in [1.29, 1.82) is 0 Å². The van der Waals surface area contributed by atoms with Gasteiger partial charge in [0.25, 0.3) is 0 Å². The Morgan fingerprint density at radius 1 is 1.35 bits per heavy atom. The Labute approximate surface area is 97.1 Å². The molecule has 0 spiro atoms. The van der Waals surface area contributed by atoms with Crippen molar-refractivity contribution in [3.8, 4) is 0 Å². The summed E-state index contributed by atoms with van der Waals surface area (Å²) in [4.78, 5) is 22.2. The molecule has 0 amide bonds. The smallest absolute Gasteiger partial charge is 0.342 e. The Morgan fingerprint density at radius 3 is 2.47 bits per heavy atom. The van der Waals surface area contributed by atoms with Crippen LogP contribution in [0.5, 0.6) is 0 Å². The number of carboxylic acids is 1. The molecule has 0 unspecified atom stereocenters. The van der Waals surface area contributed by atoms with Gasteiger partial charge in [0.05, 0.1) is 11.1 Å². The van der Waals surface area contributed by atoms with Crippen LogP contribution in [-0.4, -0.2) is 33.7 Å². The average molecular weight is 240 g/mol. The van der Waals surface area contributed by atoms with Crippen molar-refractivity contribution >= 4 is 11.9 Å². The van der Waals surface area contributed by atoms with E-state index in [1.807, 2.05) is 0 Å². The molecule has 0 aliphatic carbocycles. The first-order valence-electron chi connectivity index (χ1n) is 4.89. The molecule has 3 N–H and O–H groups in total. The first kappa shape index (κ1) is 13.1. The first-order valence-corrected chi connectivity index (χ1v) is 4.89. The molecule has 6 heteroatoms. The van der Waals surface area contributed by atoms with Crippen LogP contribution in [0, 0.1) is 0 Å². The number of hydrogen-bond acceptors (Lipinski definition) is 5. The van der Waals surface area contributed by atoms with Gasteiger partial charge >= 0.3 is 18.4 Å². The van der Waals surface area contributed by atoms with Gasteiger partial charge in [0.2, 0.25) is 0 Å². The minimum absolute atomic E-state index is 0.0583. The lowest BCUT2D eigenvalue weighted by atomic mass is 10.0. The van der Waals surface area contributed by atoms with E-state index in [1.165, 1.54) is 18.2 Å². The molecular weight excluding hydrogens is 228 g/mol. The van der Waals surface area contributed by atoms with Crippen molar-refractivity contribution in [2.45, 2.75) is 19.8 Å². The zero-order valence-corrected chi connectivity index (χ0v) is 9.08. The molecule has 92 valence electrons. The molecule has 6 nitrogen and oxygen atoms in total. The molecular formula is C11H12O6. The Kier molecular flexibility index (Phi) is 4.19. The third-order valence-corrected chi connectivity index (χ3v) is 2.17. The van der Waals surface area contributed by atoms with Gasteiger partial charge in [0, 0.05) is 0 Å². The van der Waals surface area contributed by atoms with Gasteiger partial charge in [-0.2, -0.15) is 0 Å². The van der Waals surface area contributed by atoms with Crippen LogP contribution >= 0.6 is 0 Å². The van der Waals surface area contributed by atoms with Gasteiger partial charge in [-0.3, -0.25) is 0 Å². The Bertz CT molecular complexity index is 438. The quantitative estimate of drug-likeness (QED) is 0.519. The summed E-state index contributed by atoms with van der Waals surface area (Å²) in [5.41, 5.74) is 0.643. The molecule has 17 heavy (non-hydrogen) atoms. The van der Waals surface area contributed by atoms with Crippen LogP contribution in [-0.2, 0) is 11.2 Å². The highest BCUT2D eigenvalue weighted by Gasteiger charge is 2.16. The summed E-state index contributed by atoms with van der Waals surface area (Å²) in [7, 11) is 0. The zero-order chi connectivity index (χ0) is 13.0. The summed E-state index contributed by atoms with van der Waals surface area (Å²) < 4.78 is 4.20. The highest BCUT2D eigenvalue weighted by atomic mass is 16.7. The van der Waals surface area contributed by atoms with Crippen molar-refractivity contribution in [3.05, 3.63) is 34.9 Å². The molecule has 0 aliphatic heterocycles. The largest absolute Gasteiger partial charge is 0.478 e. The van der Waals surface area contributed by atoms with Gasteiger partial charge in [0.1, 0.15) is 0 Å². The van der Waals surface area contributed by atoms with Crippen LogP contribution < -0.4 is 0 Å². The summed E-state index contributed by atoms with van der Waals surface area (Å²) >= 11 is 0. The van der Waals surface area contributed by atoms with E-state index in [2.05, 4.69) is 4.74 Å². The lowest BCUT2D eigenvalue weighted by Crippen LogP contribution is -2.18. The molecule has 1 rings (SSSR count). The van der Waals surface area contributed by atoms with Crippen molar-refractivity contribution in [1.82, 2.24) is 0 Å². The average Bonchev–Trinajstić information content (AvgIpc) is 2.27. The van der Waals surface area contributed by atoms with E-state index in [4.69, 9.17) is 15.3 Å². The van der Waals surface area contributed by atoms with E-state index in [-0.39, 0.29) is 11.1 Å². The van der Waals surface area contributed by atoms with E-state index in [9.17, 15) is 9.59 Å². The van der Waals surface area contributed by atoms with Crippen molar-refractivity contribution in [2.24, 2.45) is 0 Å². The molecule has 0 saturated heterocycles. The topological polar surface area (TPSA) is 104 Å². The number of aliphatic hydroxyl groups is 2. The minimum Gasteiger partial charge on any atom is -0.478 e. The first-order chi connectivity index (χ1) is 7.95. The molecule has 1 aromatic rings. The van der Waals surface area contributed by atoms with Gasteiger partial charge < -0.3 is 20.1 Å². The van der Waals surface area contributed by atoms with E-state index < -0.39 is 18.4 Å². The van der Waals surface area contributed by atoms with Crippen molar-refractivity contribution < 1.29 is 29.6 Å². The molecule has 0 aromatic heterocycles. The molecule has 0 atom stereocenters. The van der Waals surface area contributed by atoms with Crippen LogP contribution in [0.4, 0.5) is 0 Å². The summed E-state index contributed by atoms with van der Waals surface area (Å²) in [5.74, 6) is -2.00. The van der Waals surface area contributed by atoms with Crippen molar-refractivity contribution in [3.63, 3.8) is 0 Å². The minimum atomic E-state index is -2.19. The van der Waals surface area contributed by atoms with Gasteiger partial charge in [-0.1, -0.05) is 6.92 Å². The number of benzene rings is 1. The SMILES string of the molecule is CCc1cc(C(=O)O)ccc1C(=O)OC(O)O. The number of aromatic carboxylic acids is 1. The van der Waals surface area contributed by atoms with Gasteiger partial charge in [-0.15, -0.1) is 0 Å². The Balaban J connectivity index is 3.08. The normalized spacial score (nSPS) is 10.4. The van der Waals surface area contributed by atoms with Crippen LogP contribution in [0.2, 0.25) is 0 Å². The van der Waals surface area contributed by atoms with Crippen LogP contribution in [0.1, 0.15) is 33.2 Å². The third-order valence-electron chi connectivity index (χ3n) is 2.17. The summed E-state index contributed by atoms with van der Waals surface area (Å²) in [5, 5.41) is 25.8. The van der Waals surface area contributed by atoms with E-state index >= 15 is 0 Å². The van der Waals surface area contributed by atoms with Gasteiger partial charge in [0.15, 0.2) is 0 Å². The van der Waals surface area contributed by atoms with E-state index in [1.54, 1.807) is 6.92 Å². The highest BCUT2D eigenvalue weighted by molar-refractivity contribution is 5.94. The fourth-order valence-electron chi connectivity index (χ4n) is 1.38. The maximum atomic E-state index is 11.4. The second-order valence-electron chi connectivity index (χ2n) is 3.26. The fourth-order valence-corrected chi connectivity index (χ4v) is 1.38. The molecule has 0 radical (unpaired) electrons. The number of rotatable bonds is 4. The number of carboxylic acid groups (broad SMARTS) is 1. The van der Waals surface area contributed by atoms with Crippen LogP contribution in [0.3, 0.4) is 0 Å². The molecule has 0 heterocycles. The molecule has 0 bridgehead atoms. The van der Waals surface area contributed by atoms with Crippen LogP contribution in [0.25, 0.3) is 0 Å². The lowest BCUT2D eigenvalue weighted by molar-refractivity contribution is -0.200. The number of hydrogen-bond donors (Lipinski definition) is 3. The summed E-state index contributed by atoms with van der Waals surface area (Å²) in [6.45, 7) is -0.445. The second kappa shape index (κ2) is 5.42. The fraction of sp³-hybridized carbons (Fsp3) is 0.273. The monoisotopic (exact) mass is 240 g/mol.